The summed E-state index contributed by atoms with van der Waals surface area (Å²) in [5.41, 5.74) is 1.06. The van der Waals surface area contributed by atoms with E-state index in [-0.39, 0.29) is 6.10 Å². The quantitative estimate of drug-likeness (QED) is 0.882. The molecule has 1 aromatic rings. The smallest absolute Gasteiger partial charge is 0.137 e. The van der Waals surface area contributed by atoms with Gasteiger partial charge in [0.2, 0.25) is 0 Å². The van der Waals surface area contributed by atoms with E-state index in [9.17, 15) is 5.11 Å². The first kappa shape index (κ1) is 15.0. The Morgan fingerprint density at radius 3 is 2.75 bits per heavy atom. The fourth-order valence-electron chi connectivity index (χ4n) is 2.68. The molecule has 1 aromatic heterocycles. The maximum Gasteiger partial charge on any atom is 0.137 e. The molecule has 2 rings (SSSR count). The number of aliphatic hydroxyl groups is 1. The highest BCUT2D eigenvalue weighted by molar-refractivity contribution is 5.58. The second-order valence-corrected chi connectivity index (χ2v) is 5.72. The zero-order chi connectivity index (χ0) is 14.7. The van der Waals surface area contributed by atoms with Gasteiger partial charge in [-0.3, -0.25) is 0 Å². The van der Waals surface area contributed by atoms with Crippen LogP contribution in [0.25, 0.3) is 0 Å². The van der Waals surface area contributed by atoms with Crippen LogP contribution >= 0.6 is 0 Å². The highest BCUT2D eigenvalue weighted by Crippen LogP contribution is 2.28. The summed E-state index contributed by atoms with van der Waals surface area (Å²) in [6, 6.07) is 0. The van der Waals surface area contributed by atoms with E-state index in [1.54, 1.807) is 0 Å². The molecule has 2 N–H and O–H groups in total. The number of piperidine rings is 1. The first-order valence-electron chi connectivity index (χ1n) is 7.55. The second-order valence-electron chi connectivity index (χ2n) is 5.72. The van der Waals surface area contributed by atoms with Crippen molar-refractivity contribution in [1.82, 2.24) is 9.97 Å². The van der Waals surface area contributed by atoms with Crippen LogP contribution in [0.3, 0.4) is 0 Å². The predicted molar refractivity (Wildman–Crippen MR) is 82.3 cm³/mol. The first-order chi connectivity index (χ1) is 9.56. The van der Waals surface area contributed by atoms with Crippen LogP contribution in [-0.2, 0) is 6.42 Å². The van der Waals surface area contributed by atoms with Gasteiger partial charge in [0.1, 0.15) is 17.5 Å². The van der Waals surface area contributed by atoms with Crippen molar-refractivity contribution in [3.63, 3.8) is 0 Å². The second kappa shape index (κ2) is 6.39. The molecule has 0 spiro atoms. The highest BCUT2D eigenvalue weighted by atomic mass is 16.3. The Bertz CT molecular complexity index is 463. The number of nitrogens with one attached hydrogen (secondary N) is 1. The van der Waals surface area contributed by atoms with Crippen LogP contribution < -0.4 is 10.2 Å². The van der Waals surface area contributed by atoms with Crippen molar-refractivity contribution < 1.29 is 5.11 Å². The Kier molecular flexibility index (Phi) is 4.81. The summed E-state index contributed by atoms with van der Waals surface area (Å²) < 4.78 is 0. The molecule has 2 unspecified atom stereocenters. The van der Waals surface area contributed by atoms with Gasteiger partial charge in [-0.1, -0.05) is 13.8 Å². The lowest BCUT2D eigenvalue weighted by atomic mass is 9.96. The fraction of sp³-hybridized carbons (Fsp3) is 0.733. The van der Waals surface area contributed by atoms with Crippen LogP contribution in [0.4, 0.5) is 11.6 Å². The van der Waals surface area contributed by atoms with Gasteiger partial charge in [0.25, 0.3) is 0 Å². The van der Waals surface area contributed by atoms with Crippen molar-refractivity contribution >= 4 is 11.6 Å². The van der Waals surface area contributed by atoms with Crippen molar-refractivity contribution in [2.24, 2.45) is 5.92 Å². The number of β-amino-alcohol motifs (C(OH)–C–C–N with tert-alkyl or cyclic N) is 1. The molecular formula is C15H26N4O. The third-order valence-corrected chi connectivity index (χ3v) is 4.10. The van der Waals surface area contributed by atoms with Gasteiger partial charge in [-0.15, -0.1) is 0 Å². The van der Waals surface area contributed by atoms with Crippen LogP contribution in [0.15, 0.2) is 0 Å². The zero-order valence-electron chi connectivity index (χ0n) is 13.0. The van der Waals surface area contributed by atoms with Gasteiger partial charge in [0, 0.05) is 32.1 Å². The maximum absolute atomic E-state index is 10.1. The van der Waals surface area contributed by atoms with Crippen LogP contribution in [0.1, 0.15) is 38.1 Å². The van der Waals surface area contributed by atoms with E-state index in [2.05, 4.69) is 29.0 Å². The lowest BCUT2D eigenvalue weighted by Gasteiger charge is -2.36. The molecular weight excluding hydrogens is 252 g/mol. The van der Waals surface area contributed by atoms with Crippen molar-refractivity contribution in [2.75, 3.05) is 30.4 Å². The molecule has 0 aliphatic carbocycles. The summed E-state index contributed by atoms with van der Waals surface area (Å²) in [5.74, 6) is 3.11. The number of rotatable bonds is 4. The topological polar surface area (TPSA) is 61.3 Å². The number of hydrogen-bond acceptors (Lipinski definition) is 5. The maximum atomic E-state index is 10.1. The molecule has 0 saturated carbocycles. The Balaban J connectivity index is 2.32. The van der Waals surface area contributed by atoms with Crippen molar-refractivity contribution in [2.45, 2.75) is 46.1 Å². The van der Waals surface area contributed by atoms with Crippen LogP contribution in [0, 0.1) is 12.8 Å². The Hall–Kier alpha value is -1.36. The molecule has 1 aliphatic heterocycles. The minimum Gasteiger partial charge on any atom is -0.391 e. The van der Waals surface area contributed by atoms with E-state index in [0.717, 1.165) is 48.8 Å². The van der Waals surface area contributed by atoms with Gasteiger partial charge >= 0.3 is 0 Å². The number of anilines is 2. The molecule has 5 nitrogen and oxygen atoms in total. The lowest BCUT2D eigenvalue weighted by Crippen LogP contribution is -2.43. The first-order valence-corrected chi connectivity index (χ1v) is 7.55. The molecule has 2 heterocycles. The van der Waals surface area contributed by atoms with Crippen LogP contribution in [0.5, 0.6) is 0 Å². The van der Waals surface area contributed by atoms with E-state index in [1.165, 1.54) is 0 Å². The summed E-state index contributed by atoms with van der Waals surface area (Å²) in [6.07, 6.45) is 2.65. The number of nitrogens with zero attached hydrogens (tertiary/aromatic N) is 3. The van der Waals surface area contributed by atoms with Gasteiger partial charge in [0.15, 0.2) is 0 Å². The molecule has 0 radical (unpaired) electrons. The minimum atomic E-state index is -0.272. The van der Waals surface area contributed by atoms with Crippen molar-refractivity contribution in [1.29, 1.82) is 0 Å². The summed E-state index contributed by atoms with van der Waals surface area (Å²) in [4.78, 5) is 11.5. The molecule has 5 heteroatoms. The van der Waals surface area contributed by atoms with Gasteiger partial charge in [-0.2, -0.15) is 0 Å². The molecule has 2 atom stereocenters. The molecule has 0 aromatic carbocycles. The zero-order valence-corrected chi connectivity index (χ0v) is 13.0. The number of aromatic nitrogens is 2. The largest absolute Gasteiger partial charge is 0.391 e. The normalized spacial score (nSPS) is 22.9. The van der Waals surface area contributed by atoms with E-state index in [4.69, 9.17) is 4.98 Å². The summed E-state index contributed by atoms with van der Waals surface area (Å²) >= 11 is 0. The average Bonchev–Trinajstić information content (AvgIpc) is 2.44. The molecule has 1 aliphatic rings. The molecule has 0 bridgehead atoms. The Morgan fingerprint density at radius 1 is 1.40 bits per heavy atom. The molecule has 20 heavy (non-hydrogen) atoms. The fourth-order valence-corrected chi connectivity index (χ4v) is 2.68. The van der Waals surface area contributed by atoms with Crippen LogP contribution in [-0.4, -0.2) is 41.3 Å². The Morgan fingerprint density at radius 2 is 2.15 bits per heavy atom. The Labute approximate surface area is 121 Å². The number of aryl methyl sites for hydroxylation is 1. The van der Waals surface area contributed by atoms with Crippen LogP contribution in [0.2, 0.25) is 0 Å². The van der Waals surface area contributed by atoms with E-state index >= 15 is 0 Å². The number of aliphatic hydroxyl groups excluding tert-OH is 1. The van der Waals surface area contributed by atoms with E-state index in [0.29, 0.717) is 12.5 Å². The molecule has 112 valence electrons. The average molecular weight is 278 g/mol. The van der Waals surface area contributed by atoms with Crippen molar-refractivity contribution in [3.8, 4) is 0 Å². The van der Waals surface area contributed by atoms with Gasteiger partial charge in [-0.25, -0.2) is 9.97 Å². The third-order valence-electron chi connectivity index (χ3n) is 4.10. The molecule has 0 amide bonds. The summed E-state index contributed by atoms with van der Waals surface area (Å²) in [6.45, 7) is 7.89. The van der Waals surface area contributed by atoms with Gasteiger partial charge in [0.05, 0.1) is 6.10 Å². The van der Waals surface area contributed by atoms with E-state index < -0.39 is 0 Å². The monoisotopic (exact) mass is 278 g/mol. The summed E-state index contributed by atoms with van der Waals surface area (Å²) in [5, 5.41) is 13.3. The minimum absolute atomic E-state index is 0.272. The highest BCUT2D eigenvalue weighted by Gasteiger charge is 2.27. The van der Waals surface area contributed by atoms with E-state index in [1.807, 2.05) is 14.0 Å². The predicted octanol–water partition coefficient (Wildman–Crippen LogP) is 1.99. The SMILES string of the molecule is CCCc1nc(NC)c(C)c(N2CCC(C)C(O)C2)n1. The standard InChI is InChI=1S/C15H26N4O/c1-5-6-13-17-14(16-4)11(3)15(18-13)19-8-7-10(2)12(20)9-19/h10,12,20H,5-9H2,1-4H3,(H,16,17,18). The van der Waals surface area contributed by atoms with Gasteiger partial charge < -0.3 is 15.3 Å². The molecule has 1 fully saturated rings. The van der Waals surface area contributed by atoms with Crippen molar-refractivity contribution in [3.05, 3.63) is 11.4 Å². The molecule has 1 saturated heterocycles. The summed E-state index contributed by atoms with van der Waals surface area (Å²) in [7, 11) is 1.89. The third kappa shape index (κ3) is 3.03. The number of hydrogen-bond donors (Lipinski definition) is 2. The van der Waals surface area contributed by atoms with Gasteiger partial charge in [-0.05, 0) is 25.7 Å². The lowest BCUT2D eigenvalue weighted by molar-refractivity contribution is 0.102.